The molecule has 0 fully saturated rings. The fraction of sp³-hybridized carbons (Fsp3) is 0.167. The first-order chi connectivity index (χ1) is 14.0. The van der Waals surface area contributed by atoms with Crippen LogP contribution in [0.4, 0.5) is 11.4 Å². The van der Waals surface area contributed by atoms with Gasteiger partial charge in [-0.05, 0) is 66.9 Å². The summed E-state index contributed by atoms with van der Waals surface area (Å²) in [5, 5.41) is 2.94. The van der Waals surface area contributed by atoms with E-state index in [-0.39, 0.29) is 18.4 Å². The molecule has 5 heteroatoms. The van der Waals surface area contributed by atoms with Gasteiger partial charge in [0, 0.05) is 11.3 Å². The molecule has 4 rings (SSSR count). The van der Waals surface area contributed by atoms with E-state index in [2.05, 4.69) is 11.4 Å². The highest BCUT2D eigenvalue weighted by Gasteiger charge is 2.25. The molecule has 1 aliphatic rings. The number of carbonyl (C=O) groups excluding carboxylic acids is 2. The quantitative estimate of drug-likeness (QED) is 0.719. The van der Waals surface area contributed by atoms with Crippen LogP contribution in [-0.2, 0) is 11.3 Å². The van der Waals surface area contributed by atoms with E-state index in [1.54, 1.807) is 17.0 Å². The van der Waals surface area contributed by atoms with E-state index < -0.39 is 0 Å². The van der Waals surface area contributed by atoms with Crippen molar-refractivity contribution in [2.45, 2.75) is 20.4 Å². The molecule has 0 aliphatic carbocycles. The minimum absolute atomic E-state index is 0.0351. The molecule has 0 saturated heterocycles. The Bertz CT molecular complexity index is 1050. The first-order valence-electron chi connectivity index (χ1n) is 9.50. The SMILES string of the molecule is Cc1cc(C)cc(NC(=O)c2ccc(CN3C(=O)COc4ccccc43)cc2)c1. The number of para-hydroxylation sites is 2. The second-order valence-corrected chi connectivity index (χ2v) is 7.26. The molecular weight excluding hydrogens is 364 g/mol. The van der Waals surface area contributed by atoms with Gasteiger partial charge in [-0.15, -0.1) is 0 Å². The normalized spacial score (nSPS) is 12.9. The maximum Gasteiger partial charge on any atom is 0.265 e. The number of ether oxygens (including phenoxy) is 1. The maximum atomic E-state index is 12.6. The molecule has 0 bridgehead atoms. The monoisotopic (exact) mass is 386 g/mol. The van der Waals surface area contributed by atoms with Crippen molar-refractivity contribution in [1.82, 2.24) is 0 Å². The largest absolute Gasteiger partial charge is 0.482 e. The summed E-state index contributed by atoms with van der Waals surface area (Å²) in [6, 6.07) is 20.8. The summed E-state index contributed by atoms with van der Waals surface area (Å²) in [5.74, 6) is 0.464. The smallest absolute Gasteiger partial charge is 0.265 e. The summed E-state index contributed by atoms with van der Waals surface area (Å²) in [5.41, 5.74) is 5.27. The van der Waals surface area contributed by atoms with Gasteiger partial charge in [-0.3, -0.25) is 9.59 Å². The standard InChI is InChI=1S/C24H22N2O3/c1-16-11-17(2)13-20(12-16)25-24(28)19-9-7-18(8-10-19)14-26-21-5-3-4-6-22(21)29-15-23(26)27/h3-13H,14-15H2,1-2H3,(H,25,28). The molecular formula is C24H22N2O3. The zero-order valence-corrected chi connectivity index (χ0v) is 16.4. The van der Waals surface area contributed by atoms with Gasteiger partial charge in [0.25, 0.3) is 11.8 Å². The van der Waals surface area contributed by atoms with Crippen LogP contribution in [0.3, 0.4) is 0 Å². The third kappa shape index (κ3) is 4.14. The predicted octanol–water partition coefficient (Wildman–Crippen LogP) is 4.48. The molecule has 3 aromatic rings. The van der Waals surface area contributed by atoms with Gasteiger partial charge in [-0.25, -0.2) is 0 Å². The van der Waals surface area contributed by atoms with Crippen LogP contribution in [0.15, 0.2) is 66.7 Å². The molecule has 0 radical (unpaired) electrons. The fourth-order valence-corrected chi connectivity index (χ4v) is 3.52. The van der Waals surface area contributed by atoms with Gasteiger partial charge in [-0.2, -0.15) is 0 Å². The first-order valence-corrected chi connectivity index (χ1v) is 9.50. The summed E-state index contributed by atoms with van der Waals surface area (Å²) >= 11 is 0. The minimum atomic E-state index is -0.158. The van der Waals surface area contributed by atoms with Crippen LogP contribution in [0.25, 0.3) is 0 Å². The van der Waals surface area contributed by atoms with E-state index in [1.165, 1.54) is 0 Å². The number of benzene rings is 3. The summed E-state index contributed by atoms with van der Waals surface area (Å²) < 4.78 is 5.48. The Labute approximate surface area is 169 Å². The second kappa shape index (κ2) is 7.80. The average molecular weight is 386 g/mol. The lowest BCUT2D eigenvalue weighted by Crippen LogP contribution is -2.38. The number of hydrogen-bond acceptors (Lipinski definition) is 3. The number of amides is 2. The molecule has 1 heterocycles. The molecule has 2 amide bonds. The van der Waals surface area contributed by atoms with Gasteiger partial charge in [0.1, 0.15) is 5.75 Å². The minimum Gasteiger partial charge on any atom is -0.482 e. The lowest BCUT2D eigenvalue weighted by atomic mass is 10.1. The van der Waals surface area contributed by atoms with Crippen LogP contribution in [-0.4, -0.2) is 18.4 Å². The van der Waals surface area contributed by atoms with Gasteiger partial charge in [0.2, 0.25) is 0 Å². The van der Waals surface area contributed by atoms with Gasteiger partial charge in [0.15, 0.2) is 6.61 Å². The fourth-order valence-electron chi connectivity index (χ4n) is 3.52. The number of hydrogen-bond donors (Lipinski definition) is 1. The first kappa shape index (κ1) is 18.7. The van der Waals surface area contributed by atoms with E-state index >= 15 is 0 Å². The molecule has 0 unspecified atom stereocenters. The van der Waals surface area contributed by atoms with E-state index in [0.717, 1.165) is 28.1 Å². The Balaban J connectivity index is 1.48. The van der Waals surface area contributed by atoms with Crippen molar-refractivity contribution in [2.75, 3.05) is 16.8 Å². The van der Waals surface area contributed by atoms with Crippen molar-refractivity contribution in [2.24, 2.45) is 0 Å². The van der Waals surface area contributed by atoms with Gasteiger partial charge in [0.05, 0.1) is 12.2 Å². The molecule has 146 valence electrons. The summed E-state index contributed by atoms with van der Waals surface area (Å²) in [4.78, 5) is 26.6. The summed E-state index contributed by atoms with van der Waals surface area (Å²) in [6.45, 7) is 4.47. The number of anilines is 2. The molecule has 1 N–H and O–H groups in total. The highest BCUT2D eigenvalue weighted by molar-refractivity contribution is 6.04. The molecule has 5 nitrogen and oxygen atoms in total. The van der Waals surface area contributed by atoms with Crippen molar-refractivity contribution < 1.29 is 14.3 Å². The second-order valence-electron chi connectivity index (χ2n) is 7.26. The van der Waals surface area contributed by atoms with E-state index in [1.807, 2.05) is 62.4 Å². The Hall–Kier alpha value is -3.60. The zero-order valence-electron chi connectivity index (χ0n) is 16.4. The molecule has 0 spiro atoms. The lowest BCUT2D eigenvalue weighted by molar-refractivity contribution is -0.121. The van der Waals surface area contributed by atoms with Gasteiger partial charge < -0.3 is 15.0 Å². The number of rotatable bonds is 4. The molecule has 3 aromatic carbocycles. The van der Waals surface area contributed by atoms with Gasteiger partial charge >= 0.3 is 0 Å². The molecule has 0 saturated carbocycles. The van der Waals surface area contributed by atoms with Crippen LogP contribution >= 0.6 is 0 Å². The molecule has 0 aromatic heterocycles. The lowest BCUT2D eigenvalue weighted by Gasteiger charge is -2.29. The van der Waals surface area contributed by atoms with Crippen LogP contribution in [0.2, 0.25) is 0 Å². The van der Waals surface area contributed by atoms with Crippen LogP contribution < -0.4 is 15.0 Å². The van der Waals surface area contributed by atoms with Crippen LogP contribution in [0.5, 0.6) is 5.75 Å². The Morgan fingerprint density at radius 1 is 1.00 bits per heavy atom. The third-order valence-corrected chi connectivity index (χ3v) is 4.84. The number of nitrogens with zero attached hydrogens (tertiary/aromatic N) is 1. The average Bonchev–Trinajstić information content (AvgIpc) is 2.70. The van der Waals surface area contributed by atoms with Crippen molar-refractivity contribution in [3.8, 4) is 5.75 Å². The number of fused-ring (bicyclic) bond motifs is 1. The molecule has 1 aliphatic heterocycles. The third-order valence-electron chi connectivity index (χ3n) is 4.84. The van der Waals surface area contributed by atoms with Crippen molar-refractivity contribution in [3.63, 3.8) is 0 Å². The maximum absolute atomic E-state index is 12.6. The Morgan fingerprint density at radius 3 is 2.41 bits per heavy atom. The highest BCUT2D eigenvalue weighted by atomic mass is 16.5. The molecule has 0 atom stereocenters. The topological polar surface area (TPSA) is 58.6 Å². The zero-order chi connectivity index (χ0) is 20.4. The summed E-state index contributed by atoms with van der Waals surface area (Å²) in [6.07, 6.45) is 0. The summed E-state index contributed by atoms with van der Waals surface area (Å²) in [7, 11) is 0. The highest BCUT2D eigenvalue weighted by Crippen LogP contribution is 2.32. The Morgan fingerprint density at radius 2 is 1.69 bits per heavy atom. The predicted molar refractivity (Wildman–Crippen MR) is 113 cm³/mol. The van der Waals surface area contributed by atoms with Crippen molar-refractivity contribution >= 4 is 23.2 Å². The number of nitrogens with one attached hydrogen (secondary N) is 1. The molecule has 29 heavy (non-hydrogen) atoms. The van der Waals surface area contributed by atoms with E-state index in [9.17, 15) is 9.59 Å². The number of carbonyl (C=O) groups is 2. The van der Waals surface area contributed by atoms with Gasteiger partial charge in [-0.1, -0.05) is 30.3 Å². The van der Waals surface area contributed by atoms with Crippen molar-refractivity contribution in [1.29, 1.82) is 0 Å². The van der Waals surface area contributed by atoms with E-state index in [4.69, 9.17) is 4.74 Å². The van der Waals surface area contributed by atoms with Crippen molar-refractivity contribution in [3.05, 3.63) is 89.0 Å². The Kier molecular flexibility index (Phi) is 5.04. The van der Waals surface area contributed by atoms with E-state index in [0.29, 0.717) is 17.9 Å². The van der Waals surface area contributed by atoms with Crippen LogP contribution in [0, 0.1) is 13.8 Å². The van der Waals surface area contributed by atoms with Crippen LogP contribution in [0.1, 0.15) is 27.0 Å². The number of aryl methyl sites for hydroxylation is 2.